The van der Waals surface area contributed by atoms with Crippen LogP contribution in [0, 0.1) is 0 Å². The molecule has 0 saturated carbocycles. The predicted molar refractivity (Wildman–Crippen MR) is 95.9 cm³/mol. The molecular weight excluding hydrogens is 372 g/mol. The first kappa shape index (κ1) is 20.7. The molecule has 2 N–H and O–H groups in total. The Morgan fingerprint density at radius 1 is 1.00 bits per heavy atom. The van der Waals surface area contributed by atoms with Gasteiger partial charge < -0.3 is 38.6 Å². The first-order valence-electron chi connectivity index (χ1n) is 9.04. The topological polar surface area (TPSA) is 113 Å². The first-order chi connectivity index (χ1) is 13.0. The van der Waals surface area contributed by atoms with Gasteiger partial charge in [0.05, 0.1) is 13.2 Å². The van der Waals surface area contributed by atoms with Crippen LogP contribution in [0.25, 0.3) is 0 Å². The Bertz CT molecular complexity index is 728. The molecule has 2 aliphatic rings. The molecule has 2 aliphatic heterocycles. The molecule has 0 amide bonds. The summed E-state index contributed by atoms with van der Waals surface area (Å²) >= 11 is 0. The summed E-state index contributed by atoms with van der Waals surface area (Å²) in [4.78, 5) is 11.3. The van der Waals surface area contributed by atoms with Crippen LogP contribution in [-0.4, -0.2) is 66.4 Å². The third-order valence-corrected chi connectivity index (χ3v) is 4.28. The summed E-state index contributed by atoms with van der Waals surface area (Å²) in [7, 11) is 0. The lowest BCUT2D eigenvalue weighted by molar-refractivity contribution is -0.142. The van der Waals surface area contributed by atoms with E-state index < -0.39 is 23.3 Å². The second kappa shape index (κ2) is 7.75. The van der Waals surface area contributed by atoms with E-state index in [1.807, 2.05) is 0 Å². The lowest BCUT2D eigenvalue weighted by Crippen LogP contribution is -2.26. The molecule has 0 spiro atoms. The van der Waals surface area contributed by atoms with Crippen molar-refractivity contribution in [3.8, 4) is 17.2 Å². The third-order valence-electron chi connectivity index (χ3n) is 4.28. The van der Waals surface area contributed by atoms with E-state index in [0.29, 0.717) is 13.2 Å². The zero-order valence-corrected chi connectivity index (χ0v) is 16.4. The molecular formula is C19H26O9. The van der Waals surface area contributed by atoms with Crippen molar-refractivity contribution in [2.45, 2.75) is 51.5 Å². The van der Waals surface area contributed by atoms with Crippen LogP contribution in [0.3, 0.4) is 0 Å². The Kier molecular flexibility index (Phi) is 5.72. The number of ether oxygens (including phenoxy) is 6. The monoisotopic (exact) mass is 398 g/mol. The number of carboxylic acid groups (broad SMARTS) is 1. The molecule has 9 heteroatoms. The number of carboxylic acids is 1. The van der Waals surface area contributed by atoms with E-state index in [4.69, 9.17) is 28.4 Å². The number of aromatic hydroxyl groups is 1. The summed E-state index contributed by atoms with van der Waals surface area (Å²) in [5.74, 6) is -2.68. The average molecular weight is 398 g/mol. The maximum absolute atomic E-state index is 11.3. The van der Waals surface area contributed by atoms with E-state index in [9.17, 15) is 15.0 Å². The summed E-state index contributed by atoms with van der Waals surface area (Å²) in [6.45, 7) is 8.23. The minimum atomic E-state index is -1.27. The van der Waals surface area contributed by atoms with Crippen molar-refractivity contribution in [3.63, 3.8) is 0 Å². The minimum Gasteiger partial charge on any atom is -0.507 e. The molecule has 2 fully saturated rings. The molecule has 28 heavy (non-hydrogen) atoms. The molecule has 0 aromatic heterocycles. The Labute approximate surface area is 163 Å². The Hall–Kier alpha value is -2.07. The lowest BCUT2D eigenvalue weighted by Gasteiger charge is -2.20. The summed E-state index contributed by atoms with van der Waals surface area (Å²) in [6.07, 6.45) is -0.603. The Balaban J connectivity index is 1.70. The van der Waals surface area contributed by atoms with Crippen molar-refractivity contribution in [1.82, 2.24) is 0 Å². The molecule has 1 aromatic carbocycles. The van der Waals surface area contributed by atoms with Gasteiger partial charge in [0, 0.05) is 12.1 Å². The maximum Gasteiger partial charge on any atom is 0.339 e. The average Bonchev–Trinajstić information content (AvgIpc) is 3.12. The second-order valence-corrected chi connectivity index (χ2v) is 7.64. The number of benzene rings is 1. The van der Waals surface area contributed by atoms with E-state index in [1.165, 1.54) is 12.1 Å². The molecule has 3 rings (SSSR count). The van der Waals surface area contributed by atoms with Gasteiger partial charge in [0.25, 0.3) is 0 Å². The molecule has 2 heterocycles. The van der Waals surface area contributed by atoms with Gasteiger partial charge in [-0.1, -0.05) is 0 Å². The van der Waals surface area contributed by atoms with Gasteiger partial charge in [-0.2, -0.15) is 0 Å². The standard InChI is InChI=1S/C19H26O9/c1-18(2)25-9-11(27-18)7-23-15-5-13(17(21)22)14(20)6-16(15)24-8-12-10-26-19(3,4)28-12/h5-6,11-12,20H,7-10H2,1-4H3,(H,21,22). The van der Waals surface area contributed by atoms with Crippen molar-refractivity contribution < 1.29 is 43.4 Å². The van der Waals surface area contributed by atoms with E-state index in [-0.39, 0.29) is 42.5 Å². The Morgan fingerprint density at radius 2 is 1.46 bits per heavy atom. The molecule has 2 unspecified atom stereocenters. The van der Waals surface area contributed by atoms with Gasteiger partial charge in [-0.05, 0) is 27.7 Å². The molecule has 2 atom stereocenters. The van der Waals surface area contributed by atoms with Crippen LogP contribution in [-0.2, 0) is 18.9 Å². The Morgan fingerprint density at radius 3 is 1.86 bits per heavy atom. The van der Waals surface area contributed by atoms with Crippen LogP contribution in [0.5, 0.6) is 17.2 Å². The highest BCUT2D eigenvalue weighted by Crippen LogP contribution is 2.36. The van der Waals surface area contributed by atoms with Crippen molar-refractivity contribution >= 4 is 5.97 Å². The summed E-state index contributed by atoms with van der Waals surface area (Å²) in [5.41, 5.74) is -0.284. The fourth-order valence-electron chi connectivity index (χ4n) is 3.00. The molecule has 9 nitrogen and oxygen atoms in total. The molecule has 1 aromatic rings. The lowest BCUT2D eigenvalue weighted by atomic mass is 10.1. The van der Waals surface area contributed by atoms with Gasteiger partial charge in [0.15, 0.2) is 23.1 Å². The normalized spacial score (nSPS) is 25.6. The van der Waals surface area contributed by atoms with E-state index in [2.05, 4.69) is 0 Å². The quantitative estimate of drug-likeness (QED) is 0.713. The summed E-state index contributed by atoms with van der Waals surface area (Å²) < 4.78 is 33.8. The first-order valence-corrected chi connectivity index (χ1v) is 9.04. The molecule has 0 bridgehead atoms. The van der Waals surface area contributed by atoms with E-state index >= 15 is 0 Å². The van der Waals surface area contributed by atoms with Gasteiger partial charge in [0.2, 0.25) is 0 Å². The maximum atomic E-state index is 11.3. The highest BCUT2D eigenvalue weighted by atomic mass is 16.8. The highest BCUT2D eigenvalue weighted by Gasteiger charge is 2.34. The van der Waals surface area contributed by atoms with E-state index in [0.717, 1.165) is 0 Å². The van der Waals surface area contributed by atoms with Gasteiger partial charge in [-0.15, -0.1) is 0 Å². The third kappa shape index (κ3) is 5.05. The SMILES string of the molecule is CC1(C)OCC(COc2cc(O)c(C(=O)O)cc2OCC2COC(C)(C)O2)O1. The van der Waals surface area contributed by atoms with Gasteiger partial charge in [-0.3, -0.25) is 0 Å². The second-order valence-electron chi connectivity index (χ2n) is 7.64. The number of rotatable bonds is 7. The van der Waals surface area contributed by atoms with Gasteiger partial charge in [-0.25, -0.2) is 4.79 Å². The van der Waals surface area contributed by atoms with Crippen molar-refractivity contribution in [2.24, 2.45) is 0 Å². The van der Waals surface area contributed by atoms with Crippen LogP contribution in [0.15, 0.2) is 12.1 Å². The zero-order valence-electron chi connectivity index (χ0n) is 16.4. The van der Waals surface area contributed by atoms with Crippen LogP contribution in [0.2, 0.25) is 0 Å². The van der Waals surface area contributed by atoms with Gasteiger partial charge >= 0.3 is 5.97 Å². The highest BCUT2D eigenvalue weighted by molar-refractivity contribution is 5.91. The molecule has 0 aliphatic carbocycles. The summed E-state index contributed by atoms with van der Waals surface area (Å²) in [6, 6.07) is 2.44. The predicted octanol–water partition coefficient (Wildman–Crippen LogP) is 2.15. The number of hydrogen-bond donors (Lipinski definition) is 2. The van der Waals surface area contributed by atoms with Crippen LogP contribution >= 0.6 is 0 Å². The molecule has 0 radical (unpaired) electrons. The van der Waals surface area contributed by atoms with Crippen molar-refractivity contribution in [2.75, 3.05) is 26.4 Å². The fraction of sp³-hybridized carbons (Fsp3) is 0.632. The summed E-state index contributed by atoms with van der Waals surface area (Å²) in [5, 5.41) is 19.2. The number of phenols is 1. The van der Waals surface area contributed by atoms with Crippen LogP contribution in [0.1, 0.15) is 38.1 Å². The largest absolute Gasteiger partial charge is 0.507 e. The molecule has 156 valence electrons. The fourth-order valence-corrected chi connectivity index (χ4v) is 3.00. The van der Waals surface area contributed by atoms with Gasteiger partial charge in [0.1, 0.15) is 36.7 Å². The van der Waals surface area contributed by atoms with E-state index in [1.54, 1.807) is 27.7 Å². The number of hydrogen-bond acceptors (Lipinski definition) is 8. The zero-order chi connectivity index (χ0) is 20.5. The van der Waals surface area contributed by atoms with Crippen molar-refractivity contribution in [3.05, 3.63) is 17.7 Å². The number of carbonyl (C=O) groups is 1. The minimum absolute atomic E-state index is 0.139. The van der Waals surface area contributed by atoms with Crippen molar-refractivity contribution in [1.29, 1.82) is 0 Å². The molecule has 2 saturated heterocycles. The van der Waals surface area contributed by atoms with Crippen LogP contribution in [0.4, 0.5) is 0 Å². The number of aromatic carboxylic acids is 1. The van der Waals surface area contributed by atoms with Crippen LogP contribution < -0.4 is 9.47 Å². The smallest absolute Gasteiger partial charge is 0.339 e.